The third-order valence-corrected chi connectivity index (χ3v) is 2.65. The third kappa shape index (κ3) is 1.50. The molecule has 0 aliphatic carbocycles. The second-order valence-corrected chi connectivity index (χ2v) is 3.65. The predicted octanol–water partition coefficient (Wildman–Crippen LogP) is 2.21. The van der Waals surface area contributed by atoms with Gasteiger partial charge in [0.2, 0.25) is 0 Å². The Balaban J connectivity index is 2.33. The number of nitrogens with zero attached hydrogens (tertiary/aromatic N) is 3. The van der Waals surface area contributed by atoms with Crippen molar-refractivity contribution < 1.29 is 4.79 Å². The van der Waals surface area contributed by atoms with Crippen LogP contribution < -0.4 is 0 Å². The van der Waals surface area contributed by atoms with E-state index in [1.807, 2.05) is 36.5 Å². The highest BCUT2D eigenvalue weighted by Crippen LogP contribution is 2.23. The number of carbonyl (C=O) groups is 1. The van der Waals surface area contributed by atoms with Crippen LogP contribution in [-0.4, -0.2) is 20.9 Å². The first-order valence-corrected chi connectivity index (χ1v) is 5.23. The van der Waals surface area contributed by atoms with Gasteiger partial charge in [-0.1, -0.05) is 6.07 Å². The number of hydrogen-bond donors (Lipinski definition) is 0. The predicted molar refractivity (Wildman–Crippen MR) is 63.8 cm³/mol. The highest BCUT2D eigenvalue weighted by molar-refractivity contribution is 5.94. The first-order valence-electron chi connectivity index (χ1n) is 5.23. The smallest absolute Gasteiger partial charge is 0.154 e. The topological polar surface area (TPSA) is 47.3 Å². The van der Waals surface area contributed by atoms with Crippen LogP contribution >= 0.6 is 0 Å². The van der Waals surface area contributed by atoms with Crippen LogP contribution in [0.5, 0.6) is 0 Å². The van der Waals surface area contributed by atoms with E-state index in [-0.39, 0.29) is 0 Å². The van der Waals surface area contributed by atoms with Crippen LogP contribution in [0.4, 0.5) is 0 Å². The van der Waals surface area contributed by atoms with Crippen molar-refractivity contribution in [1.29, 1.82) is 0 Å². The normalized spacial score (nSPS) is 10.6. The molecule has 0 aliphatic heterocycles. The van der Waals surface area contributed by atoms with Crippen LogP contribution in [0.3, 0.4) is 0 Å². The minimum atomic E-state index is 0.608. The third-order valence-electron chi connectivity index (χ3n) is 2.65. The second kappa shape index (κ2) is 3.83. The highest BCUT2D eigenvalue weighted by atomic mass is 16.1. The molecule has 0 atom stereocenters. The molecule has 0 unspecified atom stereocenters. The molecule has 3 aromatic rings. The Morgan fingerprint density at radius 1 is 1.12 bits per heavy atom. The minimum Gasteiger partial charge on any atom is -0.298 e. The molecule has 3 rings (SSSR count). The Morgan fingerprint density at radius 3 is 2.71 bits per heavy atom. The zero-order valence-electron chi connectivity index (χ0n) is 8.95. The van der Waals surface area contributed by atoms with E-state index in [9.17, 15) is 4.79 Å². The second-order valence-electron chi connectivity index (χ2n) is 3.65. The molecular weight excluding hydrogens is 214 g/mol. The van der Waals surface area contributed by atoms with Gasteiger partial charge in [-0.05, 0) is 24.3 Å². The summed E-state index contributed by atoms with van der Waals surface area (Å²) in [7, 11) is 0. The zero-order valence-corrected chi connectivity index (χ0v) is 8.95. The van der Waals surface area contributed by atoms with Crippen LogP contribution in [0.2, 0.25) is 0 Å². The number of hydrogen-bond acceptors (Lipinski definition) is 3. The summed E-state index contributed by atoms with van der Waals surface area (Å²) in [6.07, 6.45) is 6.05. The van der Waals surface area contributed by atoms with Crippen LogP contribution in [0.15, 0.2) is 48.9 Å². The quantitative estimate of drug-likeness (QED) is 0.626. The van der Waals surface area contributed by atoms with Crippen molar-refractivity contribution in [3.05, 3.63) is 54.5 Å². The van der Waals surface area contributed by atoms with Gasteiger partial charge in [0.25, 0.3) is 0 Å². The molecule has 0 aromatic carbocycles. The average molecular weight is 223 g/mol. The monoisotopic (exact) mass is 223 g/mol. The molecule has 0 N–H and O–H groups in total. The maximum atomic E-state index is 11.2. The van der Waals surface area contributed by atoms with Crippen molar-refractivity contribution in [3.63, 3.8) is 0 Å². The van der Waals surface area contributed by atoms with Gasteiger partial charge in [-0.2, -0.15) is 5.10 Å². The number of aldehydes is 1. The summed E-state index contributed by atoms with van der Waals surface area (Å²) in [6.45, 7) is 0. The summed E-state index contributed by atoms with van der Waals surface area (Å²) in [6, 6.07) is 9.33. The minimum absolute atomic E-state index is 0.608. The molecule has 0 amide bonds. The molecule has 0 spiro atoms. The molecule has 0 saturated carbocycles. The fourth-order valence-electron chi connectivity index (χ4n) is 1.86. The van der Waals surface area contributed by atoms with E-state index < -0.39 is 0 Å². The molecule has 4 nitrogen and oxygen atoms in total. The average Bonchev–Trinajstić information content (AvgIpc) is 2.78. The summed E-state index contributed by atoms with van der Waals surface area (Å²) in [5, 5.41) is 4.41. The Labute approximate surface area is 97.5 Å². The largest absolute Gasteiger partial charge is 0.298 e. The first-order chi connectivity index (χ1) is 8.40. The zero-order chi connectivity index (χ0) is 11.7. The van der Waals surface area contributed by atoms with Gasteiger partial charge in [0.1, 0.15) is 5.69 Å². The lowest BCUT2D eigenvalue weighted by Crippen LogP contribution is -1.85. The maximum Gasteiger partial charge on any atom is 0.154 e. The van der Waals surface area contributed by atoms with Crippen molar-refractivity contribution in [2.24, 2.45) is 0 Å². The van der Waals surface area contributed by atoms with E-state index >= 15 is 0 Å². The van der Waals surface area contributed by atoms with E-state index in [4.69, 9.17) is 0 Å². The van der Waals surface area contributed by atoms with Crippen molar-refractivity contribution >= 4 is 11.8 Å². The van der Waals surface area contributed by atoms with Crippen LogP contribution in [0, 0.1) is 0 Å². The molecule has 0 radical (unpaired) electrons. The number of aromatic nitrogens is 3. The maximum absolute atomic E-state index is 11.2. The van der Waals surface area contributed by atoms with E-state index in [2.05, 4.69) is 10.1 Å². The van der Waals surface area contributed by atoms with E-state index in [1.54, 1.807) is 16.9 Å². The molecular formula is C13H9N3O. The molecule has 0 aliphatic rings. The van der Waals surface area contributed by atoms with Crippen molar-refractivity contribution in [3.8, 4) is 11.3 Å². The van der Waals surface area contributed by atoms with Gasteiger partial charge in [0.05, 0.1) is 11.1 Å². The molecule has 3 aromatic heterocycles. The Bertz CT molecular complexity index is 673. The summed E-state index contributed by atoms with van der Waals surface area (Å²) in [5.74, 6) is 0. The van der Waals surface area contributed by atoms with E-state index in [0.717, 1.165) is 17.4 Å². The van der Waals surface area contributed by atoms with Gasteiger partial charge < -0.3 is 0 Å². The van der Waals surface area contributed by atoms with Gasteiger partial charge in [-0.25, -0.2) is 4.52 Å². The lowest BCUT2D eigenvalue weighted by molar-refractivity contribution is 0.112. The lowest BCUT2D eigenvalue weighted by atomic mass is 10.1. The summed E-state index contributed by atoms with van der Waals surface area (Å²) in [4.78, 5) is 15.2. The van der Waals surface area contributed by atoms with Gasteiger partial charge in [-0.15, -0.1) is 0 Å². The van der Waals surface area contributed by atoms with Gasteiger partial charge in [0, 0.05) is 24.2 Å². The van der Waals surface area contributed by atoms with Crippen molar-refractivity contribution in [2.45, 2.75) is 0 Å². The molecule has 17 heavy (non-hydrogen) atoms. The van der Waals surface area contributed by atoms with Crippen LogP contribution in [0.1, 0.15) is 10.4 Å². The molecule has 82 valence electrons. The van der Waals surface area contributed by atoms with Crippen LogP contribution in [-0.2, 0) is 0 Å². The summed E-state index contributed by atoms with van der Waals surface area (Å²) < 4.78 is 1.71. The SMILES string of the molecule is O=Cc1c(-c2ccncc2)nn2ccccc12. The molecule has 3 heterocycles. The highest BCUT2D eigenvalue weighted by Gasteiger charge is 2.12. The van der Waals surface area contributed by atoms with E-state index in [1.165, 1.54) is 0 Å². The Morgan fingerprint density at radius 2 is 1.94 bits per heavy atom. The number of pyridine rings is 2. The van der Waals surface area contributed by atoms with Gasteiger partial charge in [0.15, 0.2) is 6.29 Å². The fraction of sp³-hybridized carbons (Fsp3) is 0. The van der Waals surface area contributed by atoms with Gasteiger partial charge in [-0.3, -0.25) is 9.78 Å². The van der Waals surface area contributed by atoms with E-state index in [0.29, 0.717) is 11.3 Å². The molecule has 0 bridgehead atoms. The lowest BCUT2D eigenvalue weighted by Gasteiger charge is -1.95. The summed E-state index contributed by atoms with van der Waals surface area (Å²) >= 11 is 0. The fourth-order valence-corrected chi connectivity index (χ4v) is 1.86. The summed E-state index contributed by atoms with van der Waals surface area (Å²) in [5.41, 5.74) is 3.01. The Hall–Kier alpha value is -2.49. The van der Waals surface area contributed by atoms with Crippen LogP contribution in [0.25, 0.3) is 16.8 Å². The molecule has 4 heteroatoms. The molecule has 0 fully saturated rings. The van der Waals surface area contributed by atoms with Crippen molar-refractivity contribution in [2.75, 3.05) is 0 Å². The van der Waals surface area contributed by atoms with Gasteiger partial charge >= 0.3 is 0 Å². The number of rotatable bonds is 2. The Kier molecular flexibility index (Phi) is 2.19. The number of fused-ring (bicyclic) bond motifs is 1. The van der Waals surface area contributed by atoms with Crippen molar-refractivity contribution in [1.82, 2.24) is 14.6 Å². The number of carbonyl (C=O) groups excluding carboxylic acids is 1. The first kappa shape index (κ1) is 9.72. The molecule has 0 saturated heterocycles. The standard InChI is InChI=1S/C13H9N3O/c17-9-11-12-3-1-2-8-16(12)15-13(11)10-4-6-14-7-5-10/h1-9H.